The minimum absolute atomic E-state index is 0.0202. The van der Waals surface area contributed by atoms with Gasteiger partial charge >= 0.3 is 0 Å². The minimum atomic E-state index is -0.412. The Bertz CT molecular complexity index is 1740. The fraction of sp³-hybridized carbons (Fsp3) is 0.161. The molecule has 9 nitrogen and oxygen atoms in total. The smallest absolute Gasteiger partial charge is 0.186 e. The summed E-state index contributed by atoms with van der Waals surface area (Å²) in [7, 11) is 3.11. The molecule has 0 saturated carbocycles. The van der Waals surface area contributed by atoms with Gasteiger partial charge in [0.15, 0.2) is 23.1 Å². The average molecular weight is 590 g/mol. The second kappa shape index (κ2) is 12.8. The van der Waals surface area contributed by atoms with E-state index >= 15 is 0 Å². The van der Waals surface area contributed by atoms with Gasteiger partial charge in [0.1, 0.15) is 36.9 Å². The zero-order valence-corrected chi connectivity index (χ0v) is 23.4. The van der Waals surface area contributed by atoms with Gasteiger partial charge in [0.05, 0.1) is 24.3 Å². The van der Waals surface area contributed by atoms with Crippen molar-refractivity contribution in [2.75, 3.05) is 32.8 Å². The number of fused-ring (bicyclic) bond motifs is 1. The molecule has 0 radical (unpaired) electrons. The Kier molecular flexibility index (Phi) is 8.75. The van der Waals surface area contributed by atoms with Crippen molar-refractivity contribution in [1.29, 1.82) is 0 Å². The maximum Gasteiger partial charge on any atom is 0.186 e. The van der Waals surface area contributed by atoms with E-state index in [1.165, 1.54) is 43.8 Å². The molecule has 1 aromatic heterocycles. The SMILES string of the molecule is COCCOc1cc2ncnc(Nc3cc(Cl)c(OCc4cccc(F)c4)c(C4=CC(=O)C=CC4=O)c3)c2cc1OC. The molecule has 1 aliphatic rings. The Balaban J connectivity index is 1.53. The Labute approximate surface area is 245 Å². The number of benzene rings is 3. The van der Waals surface area contributed by atoms with Crippen molar-refractivity contribution in [2.45, 2.75) is 6.61 Å². The molecule has 0 saturated heterocycles. The topological polar surface area (TPSA) is 109 Å². The first-order chi connectivity index (χ1) is 20.4. The lowest BCUT2D eigenvalue weighted by Gasteiger charge is -2.18. The molecule has 0 amide bonds. The number of allylic oxidation sites excluding steroid dienone is 4. The van der Waals surface area contributed by atoms with E-state index in [2.05, 4.69) is 15.3 Å². The van der Waals surface area contributed by atoms with Crippen molar-refractivity contribution in [3.8, 4) is 17.2 Å². The van der Waals surface area contributed by atoms with Crippen LogP contribution >= 0.6 is 11.6 Å². The molecule has 5 rings (SSSR count). The number of halogens is 2. The highest BCUT2D eigenvalue weighted by molar-refractivity contribution is 6.36. The number of ether oxygens (including phenoxy) is 4. The molecular weight excluding hydrogens is 565 g/mol. The highest BCUT2D eigenvalue weighted by Crippen LogP contribution is 2.40. The fourth-order valence-corrected chi connectivity index (χ4v) is 4.60. The average Bonchev–Trinajstić information content (AvgIpc) is 2.97. The highest BCUT2D eigenvalue weighted by Gasteiger charge is 2.23. The van der Waals surface area contributed by atoms with E-state index in [1.807, 2.05) is 0 Å². The quantitative estimate of drug-likeness (QED) is 0.170. The molecule has 0 unspecified atom stereocenters. The van der Waals surface area contributed by atoms with Crippen LogP contribution in [0.1, 0.15) is 11.1 Å². The van der Waals surface area contributed by atoms with E-state index in [-0.39, 0.29) is 34.3 Å². The fourth-order valence-electron chi connectivity index (χ4n) is 4.32. The lowest BCUT2D eigenvalue weighted by molar-refractivity contribution is -0.113. The number of nitrogens with zero attached hydrogens (tertiary/aromatic N) is 2. The van der Waals surface area contributed by atoms with Gasteiger partial charge in [-0.25, -0.2) is 14.4 Å². The molecule has 0 bridgehead atoms. The molecule has 42 heavy (non-hydrogen) atoms. The first-order valence-electron chi connectivity index (χ1n) is 12.8. The lowest BCUT2D eigenvalue weighted by atomic mass is 9.95. The summed E-state index contributed by atoms with van der Waals surface area (Å²) < 4.78 is 36.1. The Hall–Kier alpha value is -4.80. The van der Waals surface area contributed by atoms with E-state index in [0.717, 1.165) is 0 Å². The zero-order valence-electron chi connectivity index (χ0n) is 22.6. The van der Waals surface area contributed by atoms with Crippen LogP contribution < -0.4 is 19.5 Å². The van der Waals surface area contributed by atoms with Crippen molar-refractivity contribution in [2.24, 2.45) is 0 Å². The number of nitrogens with one attached hydrogen (secondary N) is 1. The molecule has 0 spiro atoms. The number of hydrogen-bond acceptors (Lipinski definition) is 9. The number of aromatic nitrogens is 2. The zero-order chi connectivity index (χ0) is 29.6. The largest absolute Gasteiger partial charge is 0.493 e. The molecule has 0 aliphatic heterocycles. The van der Waals surface area contributed by atoms with Crippen LogP contribution in [0.15, 0.2) is 73.1 Å². The number of carbonyl (C=O) groups is 2. The summed E-state index contributed by atoms with van der Waals surface area (Å²) in [4.78, 5) is 33.8. The van der Waals surface area contributed by atoms with Gasteiger partial charge in [-0.1, -0.05) is 23.7 Å². The van der Waals surface area contributed by atoms with Gasteiger partial charge in [0.25, 0.3) is 0 Å². The second-order valence-corrected chi connectivity index (χ2v) is 9.53. The molecule has 3 aromatic carbocycles. The third-order valence-corrected chi connectivity index (χ3v) is 6.57. The summed E-state index contributed by atoms with van der Waals surface area (Å²) in [5.41, 5.74) is 2.00. The van der Waals surface area contributed by atoms with Crippen LogP contribution in [0, 0.1) is 5.82 Å². The maximum atomic E-state index is 13.7. The summed E-state index contributed by atoms with van der Waals surface area (Å²) >= 11 is 6.69. The molecule has 11 heteroatoms. The number of anilines is 2. The highest BCUT2D eigenvalue weighted by atomic mass is 35.5. The van der Waals surface area contributed by atoms with Crippen molar-refractivity contribution in [3.05, 3.63) is 95.1 Å². The van der Waals surface area contributed by atoms with E-state index in [1.54, 1.807) is 43.5 Å². The Morgan fingerprint density at radius 2 is 1.81 bits per heavy atom. The number of methoxy groups -OCH3 is 2. The summed E-state index contributed by atoms with van der Waals surface area (Å²) in [5, 5.41) is 4.01. The Morgan fingerprint density at radius 1 is 0.952 bits per heavy atom. The molecule has 214 valence electrons. The predicted molar refractivity (Wildman–Crippen MR) is 156 cm³/mol. The van der Waals surface area contributed by atoms with Gasteiger partial charge in [-0.15, -0.1) is 0 Å². The normalized spacial score (nSPS) is 12.8. The molecule has 1 heterocycles. The van der Waals surface area contributed by atoms with Crippen molar-refractivity contribution in [3.63, 3.8) is 0 Å². The van der Waals surface area contributed by atoms with E-state index in [0.29, 0.717) is 52.7 Å². The lowest BCUT2D eigenvalue weighted by Crippen LogP contribution is -2.09. The van der Waals surface area contributed by atoms with Gasteiger partial charge < -0.3 is 24.3 Å². The van der Waals surface area contributed by atoms with Crippen LogP contribution in [-0.4, -0.2) is 49.0 Å². The number of carbonyl (C=O) groups excluding carboxylic acids is 2. The van der Waals surface area contributed by atoms with Crippen LogP contribution in [0.4, 0.5) is 15.9 Å². The van der Waals surface area contributed by atoms with Gasteiger partial charge in [-0.05, 0) is 54.1 Å². The first-order valence-corrected chi connectivity index (χ1v) is 13.1. The van der Waals surface area contributed by atoms with Gasteiger partial charge in [0, 0.05) is 35.4 Å². The summed E-state index contributed by atoms with van der Waals surface area (Å²) in [6.07, 6.45) is 5.00. The van der Waals surface area contributed by atoms with Gasteiger partial charge in [-0.3, -0.25) is 9.59 Å². The predicted octanol–water partition coefficient (Wildman–Crippen LogP) is 5.87. The Morgan fingerprint density at radius 3 is 2.60 bits per heavy atom. The molecule has 0 atom stereocenters. The third-order valence-electron chi connectivity index (χ3n) is 6.29. The first kappa shape index (κ1) is 28.7. The summed E-state index contributed by atoms with van der Waals surface area (Å²) in [6, 6.07) is 12.7. The van der Waals surface area contributed by atoms with Crippen molar-refractivity contribution >= 4 is 51.1 Å². The molecule has 4 aromatic rings. The summed E-state index contributed by atoms with van der Waals surface area (Å²) in [6.45, 7) is 0.715. The third kappa shape index (κ3) is 6.40. The molecule has 1 N–H and O–H groups in total. The standard InChI is InChI=1S/C31H25ClFN3O6/c1-39-8-9-41-29-15-26-24(14-28(29)40-2)31(35-17-34-26)36-20-11-23(22-13-21(37)6-7-27(22)38)30(25(32)12-20)42-16-18-4-3-5-19(33)10-18/h3-7,10-15,17H,8-9,16H2,1-2H3,(H,34,35,36). The van der Waals surface area contributed by atoms with Crippen LogP contribution in [0.25, 0.3) is 16.5 Å². The number of rotatable bonds is 11. The molecular formula is C31H25ClFN3O6. The number of ketones is 2. The van der Waals surface area contributed by atoms with E-state index in [9.17, 15) is 14.0 Å². The summed E-state index contributed by atoms with van der Waals surface area (Å²) in [5.74, 6) is 0.407. The maximum absolute atomic E-state index is 13.7. The number of hydrogen-bond donors (Lipinski definition) is 1. The van der Waals surface area contributed by atoms with Gasteiger partial charge in [-0.2, -0.15) is 0 Å². The molecule has 1 aliphatic carbocycles. The van der Waals surface area contributed by atoms with E-state index < -0.39 is 11.6 Å². The molecule has 0 fully saturated rings. The van der Waals surface area contributed by atoms with Crippen molar-refractivity contribution in [1.82, 2.24) is 9.97 Å². The minimum Gasteiger partial charge on any atom is -0.493 e. The van der Waals surface area contributed by atoms with Crippen LogP contribution in [0.2, 0.25) is 5.02 Å². The van der Waals surface area contributed by atoms with Crippen LogP contribution in [0.3, 0.4) is 0 Å². The van der Waals surface area contributed by atoms with E-state index in [4.69, 9.17) is 30.5 Å². The monoisotopic (exact) mass is 589 g/mol. The van der Waals surface area contributed by atoms with Crippen molar-refractivity contribution < 1.29 is 32.9 Å². The van der Waals surface area contributed by atoms with Gasteiger partial charge in [0.2, 0.25) is 0 Å². The van der Waals surface area contributed by atoms with Crippen LogP contribution in [0.5, 0.6) is 17.2 Å². The van der Waals surface area contributed by atoms with Crippen LogP contribution in [-0.2, 0) is 20.9 Å². The second-order valence-electron chi connectivity index (χ2n) is 9.12.